The summed E-state index contributed by atoms with van der Waals surface area (Å²) in [5, 5.41) is 14.2. The number of benzene rings is 2. The summed E-state index contributed by atoms with van der Waals surface area (Å²) in [5.74, 6) is -1.36. The van der Waals surface area contributed by atoms with Crippen molar-refractivity contribution >= 4 is 23.2 Å². The van der Waals surface area contributed by atoms with E-state index in [9.17, 15) is 18.7 Å². The van der Waals surface area contributed by atoms with Crippen molar-refractivity contribution < 1.29 is 18.7 Å². The first kappa shape index (κ1) is 27.9. The molecule has 39 heavy (non-hydrogen) atoms. The highest BCUT2D eigenvalue weighted by atomic mass is 35.5. The van der Waals surface area contributed by atoms with Crippen molar-refractivity contribution in [1.82, 2.24) is 10.2 Å². The topological polar surface area (TPSA) is 64.9 Å². The average Bonchev–Trinajstić information content (AvgIpc) is 3.31. The van der Waals surface area contributed by atoms with Gasteiger partial charge in [0, 0.05) is 59.7 Å². The third-order valence-electron chi connectivity index (χ3n) is 8.59. The number of nitrogens with one attached hydrogen (secondary N) is 1. The number of carbonyl (C=O) groups is 1. The second-order valence-corrected chi connectivity index (χ2v) is 12.7. The molecule has 1 saturated carbocycles. The molecule has 2 aromatic carbocycles. The molecule has 5 nitrogen and oxygen atoms in total. The van der Waals surface area contributed by atoms with Gasteiger partial charge in [-0.25, -0.2) is 8.78 Å². The van der Waals surface area contributed by atoms with E-state index in [4.69, 9.17) is 16.6 Å². The number of rotatable bonds is 7. The molecular weight excluding hydrogens is 520 g/mol. The summed E-state index contributed by atoms with van der Waals surface area (Å²) < 4.78 is 28.0. The minimum absolute atomic E-state index is 0.0938. The van der Waals surface area contributed by atoms with Crippen LogP contribution >= 0.6 is 11.6 Å². The van der Waals surface area contributed by atoms with Crippen LogP contribution in [-0.4, -0.2) is 46.4 Å². The van der Waals surface area contributed by atoms with Crippen molar-refractivity contribution in [3.63, 3.8) is 0 Å². The van der Waals surface area contributed by atoms with Gasteiger partial charge in [0.1, 0.15) is 11.6 Å². The van der Waals surface area contributed by atoms with E-state index in [0.29, 0.717) is 36.3 Å². The van der Waals surface area contributed by atoms with Gasteiger partial charge in [-0.2, -0.15) is 0 Å². The van der Waals surface area contributed by atoms with E-state index < -0.39 is 28.2 Å². The molecule has 0 aromatic heterocycles. The number of nitrogens with zero attached hydrogens (tertiary/aromatic N) is 2. The van der Waals surface area contributed by atoms with Crippen LogP contribution in [0, 0.1) is 17.0 Å². The lowest BCUT2D eigenvalue weighted by molar-refractivity contribution is -0.129. The van der Waals surface area contributed by atoms with Crippen molar-refractivity contribution in [2.45, 2.75) is 76.5 Å². The molecule has 208 valence electrons. The Labute approximate surface area is 234 Å². The highest BCUT2D eigenvalue weighted by Crippen LogP contribution is 2.47. The van der Waals surface area contributed by atoms with Gasteiger partial charge < -0.3 is 10.4 Å². The Morgan fingerprint density at radius 2 is 1.90 bits per heavy atom. The predicted molar refractivity (Wildman–Crippen MR) is 150 cm³/mol. The molecule has 1 saturated heterocycles. The average molecular weight is 556 g/mol. The number of allylic oxidation sites excluding steroid dienone is 1. The molecule has 2 N–H and O–H groups in total. The zero-order valence-corrected chi connectivity index (χ0v) is 23.5. The van der Waals surface area contributed by atoms with Crippen LogP contribution in [-0.2, 0) is 10.3 Å². The Kier molecular flexibility index (Phi) is 7.46. The van der Waals surface area contributed by atoms with Crippen molar-refractivity contribution in [3.8, 4) is 0 Å². The largest absolute Gasteiger partial charge is 0.390 e. The van der Waals surface area contributed by atoms with Gasteiger partial charge in [-0.3, -0.25) is 14.7 Å². The zero-order chi connectivity index (χ0) is 28.0. The van der Waals surface area contributed by atoms with Gasteiger partial charge in [-0.1, -0.05) is 29.8 Å². The molecule has 0 spiro atoms. The summed E-state index contributed by atoms with van der Waals surface area (Å²) in [7, 11) is 0. The monoisotopic (exact) mass is 555 g/mol. The predicted octanol–water partition coefficient (Wildman–Crippen LogP) is 6.13. The number of likely N-dealkylation sites (tertiary alicyclic amines) is 1. The van der Waals surface area contributed by atoms with Gasteiger partial charge in [-0.05, 0) is 76.3 Å². The Balaban J connectivity index is 1.36. The molecule has 8 heteroatoms. The Bertz CT molecular complexity index is 1320. The van der Waals surface area contributed by atoms with Gasteiger partial charge in [0.25, 0.3) is 0 Å². The van der Waals surface area contributed by atoms with Crippen LogP contribution in [0.4, 0.5) is 8.78 Å². The van der Waals surface area contributed by atoms with Crippen LogP contribution < -0.4 is 5.32 Å². The number of aliphatic hydroxyl groups is 1. The van der Waals surface area contributed by atoms with Gasteiger partial charge in [0.2, 0.25) is 5.91 Å². The molecule has 2 aliphatic heterocycles. The maximum Gasteiger partial charge on any atom is 0.221 e. The molecule has 1 amide bonds. The van der Waals surface area contributed by atoms with Gasteiger partial charge >= 0.3 is 0 Å². The second-order valence-electron chi connectivity index (χ2n) is 12.2. The lowest BCUT2D eigenvalue weighted by atomic mass is 9.71. The smallest absolute Gasteiger partial charge is 0.221 e. The quantitative estimate of drug-likeness (QED) is 0.432. The number of hydrogen-bond donors (Lipinski definition) is 2. The molecule has 1 aliphatic carbocycles. The maximum absolute atomic E-state index is 14.5. The van der Waals surface area contributed by atoms with E-state index in [-0.39, 0.29) is 17.9 Å². The van der Waals surface area contributed by atoms with Gasteiger partial charge in [0.15, 0.2) is 0 Å². The van der Waals surface area contributed by atoms with Crippen molar-refractivity contribution in [3.05, 3.63) is 82.0 Å². The fourth-order valence-corrected chi connectivity index (χ4v) is 6.44. The standard InChI is InChI=1S/C31H36ClF2N3O2/c1-29(2,20-5-4-6-21(32)15-20)36-28(38)17-31(18-37(19-31)23-11-13-30(3,39)14-12-23)27-10-9-26(35-27)24-8-7-22(33)16-25(24)34/h4-8,10,15-16,23,39H,9,11-14,17-19H2,1-3H3,(H,36,38). The SMILES string of the molecule is CC1(O)CCC(N2CC(CC(=O)NC(C)(C)c3cccc(Cl)c3)(C3=CCC(c4ccc(F)cc4F)=N3)C2)CC1. The highest BCUT2D eigenvalue weighted by Gasteiger charge is 2.51. The minimum Gasteiger partial charge on any atom is -0.390 e. The van der Waals surface area contributed by atoms with Crippen LogP contribution in [0.3, 0.4) is 0 Å². The van der Waals surface area contributed by atoms with E-state index in [1.807, 2.05) is 45.0 Å². The number of hydrogen-bond acceptors (Lipinski definition) is 4. The Hall–Kier alpha value is -2.61. The molecule has 2 fully saturated rings. The van der Waals surface area contributed by atoms with E-state index in [2.05, 4.69) is 10.2 Å². The first-order valence-electron chi connectivity index (χ1n) is 13.6. The van der Waals surface area contributed by atoms with Crippen LogP contribution in [0.5, 0.6) is 0 Å². The lowest BCUT2D eigenvalue weighted by Gasteiger charge is -2.54. The summed E-state index contributed by atoms with van der Waals surface area (Å²) in [6.45, 7) is 7.13. The molecule has 3 aliphatic rings. The fourth-order valence-electron chi connectivity index (χ4n) is 6.25. The van der Waals surface area contributed by atoms with Crippen LogP contribution in [0.25, 0.3) is 0 Å². The van der Waals surface area contributed by atoms with Crippen molar-refractivity contribution in [2.24, 2.45) is 10.4 Å². The molecule has 0 bridgehead atoms. The van der Waals surface area contributed by atoms with Gasteiger partial charge in [0.05, 0.1) is 16.9 Å². The number of halogens is 3. The lowest BCUT2D eigenvalue weighted by Crippen LogP contribution is -2.62. The molecule has 0 atom stereocenters. The molecule has 2 aromatic rings. The molecule has 5 rings (SSSR count). The number of aliphatic imine (C=N–C) groups is 1. The number of amides is 1. The first-order valence-corrected chi connectivity index (χ1v) is 14.0. The van der Waals surface area contributed by atoms with Crippen LogP contribution in [0.2, 0.25) is 5.02 Å². The van der Waals surface area contributed by atoms with E-state index in [0.717, 1.165) is 43.0 Å². The molecular formula is C31H36ClF2N3O2. The van der Waals surface area contributed by atoms with E-state index in [1.54, 1.807) is 6.07 Å². The molecule has 0 unspecified atom stereocenters. The zero-order valence-electron chi connectivity index (χ0n) is 22.7. The van der Waals surface area contributed by atoms with Crippen LogP contribution in [0.1, 0.15) is 70.4 Å². The summed E-state index contributed by atoms with van der Waals surface area (Å²) in [6, 6.07) is 11.4. The maximum atomic E-state index is 14.5. The molecule has 0 radical (unpaired) electrons. The third kappa shape index (κ3) is 5.96. The van der Waals surface area contributed by atoms with E-state index in [1.165, 1.54) is 12.1 Å². The van der Waals surface area contributed by atoms with Crippen molar-refractivity contribution in [1.29, 1.82) is 0 Å². The van der Waals surface area contributed by atoms with E-state index >= 15 is 0 Å². The Morgan fingerprint density at radius 1 is 1.18 bits per heavy atom. The van der Waals surface area contributed by atoms with Crippen LogP contribution in [0.15, 0.2) is 59.2 Å². The third-order valence-corrected chi connectivity index (χ3v) is 8.82. The summed E-state index contributed by atoms with van der Waals surface area (Å²) in [5.41, 5.74) is 0.787. The summed E-state index contributed by atoms with van der Waals surface area (Å²) in [4.78, 5) is 20.7. The molecule has 2 heterocycles. The summed E-state index contributed by atoms with van der Waals surface area (Å²) in [6.07, 6.45) is 5.98. The fraction of sp³-hybridized carbons (Fsp3) is 0.484. The summed E-state index contributed by atoms with van der Waals surface area (Å²) >= 11 is 6.20. The van der Waals surface area contributed by atoms with Crippen molar-refractivity contribution in [2.75, 3.05) is 13.1 Å². The van der Waals surface area contributed by atoms with Gasteiger partial charge in [-0.15, -0.1) is 0 Å². The normalized spacial score (nSPS) is 25.1. The number of carbonyl (C=O) groups excluding carboxylic acids is 1. The highest BCUT2D eigenvalue weighted by molar-refractivity contribution is 6.30. The minimum atomic E-state index is -0.636. The first-order chi connectivity index (χ1) is 18.4. The Morgan fingerprint density at radius 3 is 2.56 bits per heavy atom. The second kappa shape index (κ2) is 10.4.